The third-order valence-corrected chi connectivity index (χ3v) is 5.79. The van der Waals surface area contributed by atoms with E-state index in [9.17, 15) is 8.42 Å². The van der Waals surface area contributed by atoms with Crippen LogP contribution in [0.15, 0.2) is 29.2 Å². The highest BCUT2D eigenvalue weighted by Gasteiger charge is 2.31. The fraction of sp³-hybridized carbons (Fsp3) is 0.600. The molecule has 4 heteroatoms. The average molecular weight is 283 g/mol. The average Bonchev–Trinajstić information content (AvgIpc) is 2.38. The highest BCUT2D eigenvalue weighted by atomic mass is 32.2. The van der Waals surface area contributed by atoms with Gasteiger partial charge in [-0.25, -0.2) is 8.42 Å². The number of hydrogen-bond donors (Lipinski definition) is 0. The molecule has 0 radical (unpaired) electrons. The fourth-order valence-electron chi connectivity index (χ4n) is 2.10. The zero-order valence-corrected chi connectivity index (χ0v) is 13.4. The van der Waals surface area contributed by atoms with Gasteiger partial charge in [0, 0.05) is 12.1 Å². The molecule has 0 spiro atoms. The van der Waals surface area contributed by atoms with Gasteiger partial charge in [-0.05, 0) is 45.7 Å². The van der Waals surface area contributed by atoms with E-state index in [0.717, 1.165) is 18.4 Å². The third kappa shape index (κ3) is 3.57. The number of rotatable bonds is 6. The summed E-state index contributed by atoms with van der Waals surface area (Å²) in [7, 11) is -3.41. The Kier molecular flexibility index (Phi) is 5.56. The quantitative estimate of drug-likeness (QED) is 0.800. The van der Waals surface area contributed by atoms with Crippen LogP contribution in [0.1, 0.15) is 46.1 Å². The molecule has 1 rings (SSSR count). The lowest BCUT2D eigenvalue weighted by molar-refractivity contribution is 0.262. The molecule has 0 aliphatic rings. The molecule has 0 aliphatic carbocycles. The molecule has 0 bridgehead atoms. The van der Waals surface area contributed by atoms with Gasteiger partial charge < -0.3 is 0 Å². The minimum absolute atomic E-state index is 0.0150. The molecule has 0 fully saturated rings. The Bertz CT molecular complexity index is 483. The van der Waals surface area contributed by atoms with Gasteiger partial charge >= 0.3 is 0 Å². The second-order valence-corrected chi connectivity index (χ2v) is 7.01. The van der Waals surface area contributed by atoms with Crippen LogP contribution in [0.3, 0.4) is 0 Å². The number of aryl methyl sites for hydroxylation is 1. The molecule has 0 aromatic heterocycles. The highest BCUT2D eigenvalue weighted by Crippen LogP contribution is 2.23. The second-order valence-electron chi connectivity index (χ2n) is 5.16. The van der Waals surface area contributed by atoms with Crippen molar-refractivity contribution in [1.29, 1.82) is 0 Å². The minimum atomic E-state index is -3.41. The van der Waals surface area contributed by atoms with Crippen molar-refractivity contribution in [3.05, 3.63) is 29.8 Å². The van der Waals surface area contributed by atoms with Gasteiger partial charge in [0.2, 0.25) is 10.0 Å². The van der Waals surface area contributed by atoms with Crippen LogP contribution in [0.2, 0.25) is 0 Å². The second kappa shape index (κ2) is 6.53. The highest BCUT2D eigenvalue weighted by molar-refractivity contribution is 7.89. The van der Waals surface area contributed by atoms with Crippen LogP contribution in [0.5, 0.6) is 0 Å². The SMILES string of the molecule is CC[C@H](C)N([C@@H](C)CC)S(=O)(=O)c1ccc(C)cc1. The summed E-state index contributed by atoms with van der Waals surface area (Å²) in [4.78, 5) is 0.388. The summed E-state index contributed by atoms with van der Waals surface area (Å²) < 4.78 is 27.2. The lowest BCUT2D eigenvalue weighted by Gasteiger charge is -2.32. The van der Waals surface area contributed by atoms with Gasteiger partial charge in [0.1, 0.15) is 0 Å². The van der Waals surface area contributed by atoms with Crippen LogP contribution in [0.4, 0.5) is 0 Å². The Morgan fingerprint density at radius 2 is 1.42 bits per heavy atom. The Morgan fingerprint density at radius 1 is 1.00 bits per heavy atom. The van der Waals surface area contributed by atoms with E-state index < -0.39 is 10.0 Å². The first-order chi connectivity index (χ1) is 8.84. The molecule has 0 unspecified atom stereocenters. The summed E-state index contributed by atoms with van der Waals surface area (Å²) in [6.45, 7) is 9.93. The van der Waals surface area contributed by atoms with Crippen molar-refractivity contribution < 1.29 is 8.42 Å². The molecule has 0 saturated carbocycles. The van der Waals surface area contributed by atoms with E-state index in [1.165, 1.54) is 0 Å². The van der Waals surface area contributed by atoms with Crippen LogP contribution in [0, 0.1) is 6.92 Å². The summed E-state index contributed by atoms with van der Waals surface area (Å²) >= 11 is 0. The van der Waals surface area contributed by atoms with Gasteiger partial charge in [0.25, 0.3) is 0 Å². The van der Waals surface area contributed by atoms with Crippen molar-refractivity contribution in [1.82, 2.24) is 4.31 Å². The van der Waals surface area contributed by atoms with Crippen molar-refractivity contribution in [2.45, 2.75) is 64.4 Å². The van der Waals surface area contributed by atoms with Gasteiger partial charge in [-0.3, -0.25) is 0 Å². The summed E-state index contributed by atoms with van der Waals surface area (Å²) in [5, 5.41) is 0. The molecule has 2 atom stereocenters. The Labute approximate surface area is 117 Å². The number of hydrogen-bond acceptors (Lipinski definition) is 2. The van der Waals surface area contributed by atoms with E-state index >= 15 is 0 Å². The zero-order chi connectivity index (χ0) is 14.6. The van der Waals surface area contributed by atoms with Crippen molar-refractivity contribution in [2.24, 2.45) is 0 Å². The molecule has 0 heterocycles. The molecule has 0 saturated heterocycles. The van der Waals surface area contributed by atoms with E-state index in [1.807, 2.05) is 46.8 Å². The van der Waals surface area contributed by atoms with E-state index in [4.69, 9.17) is 0 Å². The summed E-state index contributed by atoms with van der Waals surface area (Å²) in [5.74, 6) is 0. The maximum atomic E-state index is 12.8. The predicted octanol–water partition coefficient (Wildman–Crippen LogP) is 3.58. The summed E-state index contributed by atoms with van der Waals surface area (Å²) in [6.07, 6.45) is 1.63. The van der Waals surface area contributed by atoms with Crippen LogP contribution >= 0.6 is 0 Å². The molecule has 3 nitrogen and oxygen atoms in total. The maximum Gasteiger partial charge on any atom is 0.243 e. The normalized spacial score (nSPS) is 15.5. The number of sulfonamides is 1. The lowest BCUT2D eigenvalue weighted by atomic mass is 10.2. The van der Waals surface area contributed by atoms with Gasteiger partial charge in [0.05, 0.1) is 4.90 Å². The van der Waals surface area contributed by atoms with Gasteiger partial charge in [-0.15, -0.1) is 0 Å². The number of benzene rings is 1. The first kappa shape index (κ1) is 16.2. The van der Waals surface area contributed by atoms with Crippen LogP contribution in [-0.2, 0) is 10.0 Å². The van der Waals surface area contributed by atoms with Crippen LogP contribution in [-0.4, -0.2) is 24.8 Å². The topological polar surface area (TPSA) is 37.4 Å². The smallest absolute Gasteiger partial charge is 0.207 e. The lowest BCUT2D eigenvalue weighted by Crippen LogP contribution is -2.44. The Balaban J connectivity index is 3.23. The molecule has 1 aromatic carbocycles. The zero-order valence-electron chi connectivity index (χ0n) is 12.6. The molecule has 0 aliphatic heterocycles. The standard InChI is InChI=1S/C15H25NO2S/c1-6-13(4)16(14(5)7-2)19(17,18)15-10-8-12(3)9-11-15/h8-11,13-14H,6-7H2,1-5H3/t13-,14-/m0/s1. The van der Waals surface area contributed by atoms with Crippen molar-refractivity contribution in [3.8, 4) is 0 Å². The van der Waals surface area contributed by atoms with Crippen molar-refractivity contribution >= 4 is 10.0 Å². The monoisotopic (exact) mass is 283 g/mol. The van der Waals surface area contributed by atoms with Gasteiger partial charge in [0.15, 0.2) is 0 Å². The van der Waals surface area contributed by atoms with Crippen LogP contribution in [0.25, 0.3) is 0 Å². The van der Waals surface area contributed by atoms with Gasteiger partial charge in [-0.2, -0.15) is 4.31 Å². The molecule has 0 N–H and O–H groups in total. The third-order valence-electron chi connectivity index (χ3n) is 3.65. The van der Waals surface area contributed by atoms with E-state index in [1.54, 1.807) is 16.4 Å². The molecule has 1 aromatic rings. The first-order valence-corrected chi connectivity index (χ1v) is 8.38. The van der Waals surface area contributed by atoms with Crippen LogP contribution < -0.4 is 0 Å². The minimum Gasteiger partial charge on any atom is -0.207 e. The summed E-state index contributed by atoms with van der Waals surface area (Å²) in [6, 6.07) is 7.11. The van der Waals surface area contributed by atoms with Crippen molar-refractivity contribution in [2.75, 3.05) is 0 Å². The largest absolute Gasteiger partial charge is 0.243 e. The Morgan fingerprint density at radius 3 is 1.79 bits per heavy atom. The van der Waals surface area contributed by atoms with E-state index in [2.05, 4.69) is 0 Å². The van der Waals surface area contributed by atoms with E-state index in [0.29, 0.717) is 4.90 Å². The first-order valence-electron chi connectivity index (χ1n) is 6.94. The summed E-state index contributed by atoms with van der Waals surface area (Å²) in [5.41, 5.74) is 1.07. The molecular formula is C15H25NO2S. The molecule has 0 amide bonds. The molecule has 19 heavy (non-hydrogen) atoms. The van der Waals surface area contributed by atoms with Gasteiger partial charge in [-0.1, -0.05) is 31.5 Å². The molecule has 108 valence electrons. The number of nitrogens with zero attached hydrogens (tertiary/aromatic N) is 1. The van der Waals surface area contributed by atoms with Crippen molar-refractivity contribution in [3.63, 3.8) is 0 Å². The predicted molar refractivity (Wildman–Crippen MR) is 79.7 cm³/mol. The maximum absolute atomic E-state index is 12.8. The molecular weight excluding hydrogens is 258 g/mol. The fourth-order valence-corrected chi connectivity index (χ4v) is 4.07. The van der Waals surface area contributed by atoms with E-state index in [-0.39, 0.29) is 12.1 Å². The Hall–Kier alpha value is -0.870.